The minimum Gasteiger partial charge on any atom is -0.355 e. The Labute approximate surface area is 123 Å². The van der Waals surface area contributed by atoms with E-state index in [1.165, 1.54) is 6.92 Å². The molecule has 1 heterocycles. The van der Waals surface area contributed by atoms with Crippen molar-refractivity contribution < 1.29 is 9.59 Å². The summed E-state index contributed by atoms with van der Waals surface area (Å²) in [6.07, 6.45) is 4.41. The summed E-state index contributed by atoms with van der Waals surface area (Å²) in [6, 6.07) is 7.24. The number of carbonyl (C=O) groups excluding carboxylic acids is 2. The van der Waals surface area contributed by atoms with Gasteiger partial charge in [-0.2, -0.15) is 0 Å². The highest BCUT2D eigenvalue weighted by Gasteiger charge is 2.04. The van der Waals surface area contributed by atoms with Crippen molar-refractivity contribution in [3.8, 4) is 0 Å². The van der Waals surface area contributed by atoms with E-state index in [1.807, 2.05) is 12.1 Å². The average Bonchev–Trinajstić information content (AvgIpc) is 2.93. The standard InChI is InChI=1S/C15H18N4O2/c1-11(20)19-13-4-2-12(3-5-13)8-15(21)17-7-6-14-9-16-10-18-14/h2-5,9-10H,6-8H2,1H3,(H,16,18)(H,17,21)(H,19,20). The number of hydrogen-bond acceptors (Lipinski definition) is 3. The van der Waals surface area contributed by atoms with Gasteiger partial charge in [0.15, 0.2) is 0 Å². The number of nitrogens with one attached hydrogen (secondary N) is 3. The Balaban J connectivity index is 1.75. The average molecular weight is 286 g/mol. The minimum absolute atomic E-state index is 0.0261. The van der Waals surface area contributed by atoms with E-state index in [4.69, 9.17) is 0 Å². The van der Waals surface area contributed by atoms with E-state index in [2.05, 4.69) is 20.6 Å². The van der Waals surface area contributed by atoms with Crippen molar-refractivity contribution in [1.29, 1.82) is 0 Å². The Morgan fingerprint density at radius 1 is 1.24 bits per heavy atom. The first-order chi connectivity index (χ1) is 10.1. The van der Waals surface area contributed by atoms with Gasteiger partial charge in [-0.3, -0.25) is 9.59 Å². The Morgan fingerprint density at radius 3 is 2.62 bits per heavy atom. The summed E-state index contributed by atoms with van der Waals surface area (Å²) in [4.78, 5) is 29.6. The van der Waals surface area contributed by atoms with Crippen LogP contribution in [0.3, 0.4) is 0 Å². The number of amides is 2. The van der Waals surface area contributed by atoms with E-state index in [9.17, 15) is 9.59 Å². The molecule has 1 aromatic carbocycles. The Bertz CT molecular complexity index is 591. The monoisotopic (exact) mass is 286 g/mol. The van der Waals surface area contributed by atoms with Gasteiger partial charge < -0.3 is 15.6 Å². The molecule has 0 aliphatic rings. The van der Waals surface area contributed by atoms with Crippen LogP contribution in [-0.2, 0) is 22.4 Å². The van der Waals surface area contributed by atoms with Crippen molar-refractivity contribution in [2.45, 2.75) is 19.8 Å². The number of benzene rings is 1. The number of aromatic amines is 1. The van der Waals surface area contributed by atoms with Gasteiger partial charge in [0.2, 0.25) is 11.8 Å². The van der Waals surface area contributed by atoms with Gasteiger partial charge in [0.25, 0.3) is 0 Å². The Morgan fingerprint density at radius 2 is 2.00 bits per heavy atom. The van der Waals surface area contributed by atoms with Gasteiger partial charge >= 0.3 is 0 Å². The first-order valence-electron chi connectivity index (χ1n) is 6.74. The molecule has 6 heteroatoms. The zero-order valence-corrected chi connectivity index (χ0v) is 11.8. The summed E-state index contributed by atoms with van der Waals surface area (Å²) >= 11 is 0. The molecule has 1 aromatic heterocycles. The van der Waals surface area contributed by atoms with Crippen LogP contribution in [0.25, 0.3) is 0 Å². The van der Waals surface area contributed by atoms with Crippen molar-refractivity contribution >= 4 is 17.5 Å². The molecule has 0 spiro atoms. The molecule has 0 saturated heterocycles. The minimum atomic E-state index is -0.112. The normalized spacial score (nSPS) is 10.1. The van der Waals surface area contributed by atoms with E-state index in [-0.39, 0.29) is 11.8 Å². The van der Waals surface area contributed by atoms with Gasteiger partial charge in [-0.25, -0.2) is 4.98 Å². The van der Waals surface area contributed by atoms with Crippen LogP contribution < -0.4 is 10.6 Å². The van der Waals surface area contributed by atoms with Crippen molar-refractivity contribution in [3.05, 3.63) is 48.0 Å². The highest BCUT2D eigenvalue weighted by molar-refractivity contribution is 5.88. The van der Waals surface area contributed by atoms with Crippen LogP contribution in [-0.4, -0.2) is 28.3 Å². The molecular weight excluding hydrogens is 268 g/mol. The first-order valence-corrected chi connectivity index (χ1v) is 6.74. The number of hydrogen-bond donors (Lipinski definition) is 3. The Hall–Kier alpha value is -2.63. The smallest absolute Gasteiger partial charge is 0.224 e. The number of aromatic nitrogens is 2. The van der Waals surface area contributed by atoms with Crippen molar-refractivity contribution in [3.63, 3.8) is 0 Å². The topological polar surface area (TPSA) is 86.9 Å². The second kappa shape index (κ2) is 7.23. The summed E-state index contributed by atoms with van der Waals surface area (Å²) in [5.41, 5.74) is 2.63. The number of anilines is 1. The lowest BCUT2D eigenvalue weighted by molar-refractivity contribution is -0.120. The predicted octanol–water partition coefficient (Wildman–Crippen LogP) is 1.27. The van der Waals surface area contributed by atoms with Gasteiger partial charge in [0.1, 0.15) is 0 Å². The maximum atomic E-state index is 11.8. The maximum Gasteiger partial charge on any atom is 0.224 e. The summed E-state index contributed by atoms with van der Waals surface area (Å²) < 4.78 is 0. The largest absolute Gasteiger partial charge is 0.355 e. The summed E-state index contributed by atoms with van der Waals surface area (Å²) in [6.45, 7) is 2.03. The molecule has 0 saturated carbocycles. The van der Waals surface area contributed by atoms with E-state index in [0.29, 0.717) is 13.0 Å². The third kappa shape index (κ3) is 5.10. The van der Waals surface area contributed by atoms with Gasteiger partial charge in [-0.15, -0.1) is 0 Å². The fourth-order valence-corrected chi connectivity index (χ4v) is 1.92. The summed E-state index contributed by atoms with van der Waals surface area (Å²) in [7, 11) is 0. The van der Waals surface area contributed by atoms with E-state index < -0.39 is 0 Å². The molecule has 0 radical (unpaired) electrons. The molecule has 0 bridgehead atoms. The van der Waals surface area contributed by atoms with Gasteiger partial charge in [-0.05, 0) is 17.7 Å². The number of imidazole rings is 1. The molecule has 2 amide bonds. The van der Waals surface area contributed by atoms with Gasteiger partial charge in [0, 0.05) is 37.5 Å². The van der Waals surface area contributed by atoms with Crippen LogP contribution in [0.1, 0.15) is 18.2 Å². The first kappa shape index (κ1) is 14.8. The van der Waals surface area contributed by atoms with Crippen LogP contribution in [0, 0.1) is 0 Å². The number of carbonyl (C=O) groups is 2. The van der Waals surface area contributed by atoms with E-state index in [1.54, 1.807) is 24.7 Å². The third-order valence-electron chi connectivity index (χ3n) is 2.91. The molecule has 0 aliphatic heterocycles. The molecule has 0 atom stereocenters. The fourth-order valence-electron chi connectivity index (χ4n) is 1.92. The fraction of sp³-hybridized carbons (Fsp3) is 0.267. The van der Waals surface area contributed by atoms with Crippen molar-refractivity contribution in [2.75, 3.05) is 11.9 Å². The van der Waals surface area contributed by atoms with Crippen LogP contribution in [0.15, 0.2) is 36.8 Å². The molecule has 110 valence electrons. The number of nitrogens with zero attached hydrogens (tertiary/aromatic N) is 1. The Kier molecular flexibility index (Phi) is 5.09. The second-order valence-corrected chi connectivity index (χ2v) is 4.73. The highest BCUT2D eigenvalue weighted by atomic mass is 16.2. The SMILES string of the molecule is CC(=O)Nc1ccc(CC(=O)NCCc2cnc[nH]2)cc1. The lowest BCUT2D eigenvalue weighted by Crippen LogP contribution is -2.27. The van der Waals surface area contributed by atoms with Gasteiger partial charge in [0.05, 0.1) is 12.7 Å². The van der Waals surface area contributed by atoms with E-state index in [0.717, 1.165) is 23.4 Å². The molecule has 21 heavy (non-hydrogen) atoms. The molecule has 3 N–H and O–H groups in total. The van der Waals surface area contributed by atoms with Crippen LogP contribution in [0.2, 0.25) is 0 Å². The number of H-pyrrole nitrogens is 1. The maximum absolute atomic E-state index is 11.8. The van der Waals surface area contributed by atoms with Gasteiger partial charge in [-0.1, -0.05) is 12.1 Å². The third-order valence-corrected chi connectivity index (χ3v) is 2.91. The molecule has 2 aromatic rings. The van der Waals surface area contributed by atoms with Crippen molar-refractivity contribution in [2.24, 2.45) is 0 Å². The molecular formula is C15H18N4O2. The molecule has 0 aliphatic carbocycles. The zero-order chi connectivity index (χ0) is 15.1. The molecule has 0 unspecified atom stereocenters. The lowest BCUT2D eigenvalue weighted by atomic mass is 10.1. The molecule has 2 rings (SSSR count). The van der Waals surface area contributed by atoms with E-state index >= 15 is 0 Å². The quantitative estimate of drug-likeness (QED) is 0.747. The summed E-state index contributed by atoms with van der Waals surface area (Å²) in [5, 5.41) is 5.55. The van der Waals surface area contributed by atoms with Crippen LogP contribution in [0.5, 0.6) is 0 Å². The number of rotatable bonds is 6. The highest BCUT2D eigenvalue weighted by Crippen LogP contribution is 2.09. The van der Waals surface area contributed by atoms with Crippen LogP contribution in [0.4, 0.5) is 5.69 Å². The van der Waals surface area contributed by atoms with Crippen molar-refractivity contribution in [1.82, 2.24) is 15.3 Å². The second-order valence-electron chi connectivity index (χ2n) is 4.73. The molecule has 0 fully saturated rings. The lowest BCUT2D eigenvalue weighted by Gasteiger charge is -2.06. The summed E-state index contributed by atoms with van der Waals surface area (Å²) in [5.74, 6) is -0.138. The predicted molar refractivity (Wildman–Crippen MR) is 79.8 cm³/mol. The van der Waals surface area contributed by atoms with Crippen LogP contribution >= 0.6 is 0 Å². The zero-order valence-electron chi connectivity index (χ0n) is 11.8. The molecule has 6 nitrogen and oxygen atoms in total.